The predicted molar refractivity (Wildman–Crippen MR) is 105 cm³/mol. The second-order valence-electron chi connectivity index (χ2n) is 5.87. The summed E-state index contributed by atoms with van der Waals surface area (Å²) in [5.74, 6) is 0.368. The molecule has 1 heterocycles. The van der Waals surface area contributed by atoms with Gasteiger partial charge in [-0.15, -0.1) is 10.2 Å². The number of amides is 1. The van der Waals surface area contributed by atoms with E-state index in [0.717, 1.165) is 17.7 Å². The van der Waals surface area contributed by atoms with E-state index < -0.39 is 11.7 Å². The number of alkyl halides is 3. The highest BCUT2D eigenvalue weighted by molar-refractivity contribution is 7.99. The molecule has 1 aromatic heterocycles. The summed E-state index contributed by atoms with van der Waals surface area (Å²) in [4.78, 5) is 12.0. The predicted octanol–water partition coefficient (Wildman–Crippen LogP) is 4.90. The number of carbonyl (C=O) groups is 1. The molecule has 0 atom stereocenters. The second kappa shape index (κ2) is 8.95. The first-order valence-electron chi connectivity index (χ1n) is 8.44. The maximum Gasteiger partial charge on any atom is 0.416 e. The summed E-state index contributed by atoms with van der Waals surface area (Å²) >= 11 is 1.17. The van der Waals surface area contributed by atoms with Gasteiger partial charge in [-0.05, 0) is 48.5 Å². The van der Waals surface area contributed by atoms with Crippen LogP contribution < -0.4 is 10.1 Å². The maximum atomic E-state index is 12.6. The molecule has 1 amide bonds. The van der Waals surface area contributed by atoms with E-state index in [9.17, 15) is 18.0 Å². The Morgan fingerprint density at radius 3 is 2.38 bits per heavy atom. The number of ether oxygens (including phenoxy) is 1. The van der Waals surface area contributed by atoms with Gasteiger partial charge in [0.2, 0.25) is 5.91 Å². The molecule has 0 radical (unpaired) electrons. The quantitative estimate of drug-likeness (QED) is 0.576. The molecular weight excluding hydrogens is 403 g/mol. The topological polar surface area (TPSA) is 64.1 Å². The summed E-state index contributed by atoms with van der Waals surface area (Å²) in [6.45, 7) is 0. The zero-order valence-electron chi connectivity index (χ0n) is 15.2. The molecule has 0 unspecified atom stereocenters. The Bertz CT molecular complexity index is 978. The molecule has 0 aliphatic carbocycles. The molecule has 150 valence electrons. The maximum absolute atomic E-state index is 12.6. The lowest BCUT2D eigenvalue weighted by molar-refractivity contribution is -0.137. The molecule has 2 aromatic carbocycles. The number of nitrogens with one attached hydrogen (secondary N) is 1. The molecule has 0 saturated carbocycles. The third kappa shape index (κ3) is 5.47. The minimum absolute atomic E-state index is 0.0453. The van der Waals surface area contributed by atoms with Gasteiger partial charge in [-0.3, -0.25) is 4.79 Å². The van der Waals surface area contributed by atoms with Crippen LogP contribution in [0.3, 0.4) is 0 Å². The van der Waals surface area contributed by atoms with Crippen molar-refractivity contribution >= 4 is 23.4 Å². The van der Waals surface area contributed by atoms with Crippen LogP contribution in [-0.4, -0.2) is 29.0 Å². The van der Waals surface area contributed by atoms with E-state index in [1.54, 1.807) is 19.2 Å². The Hall–Kier alpha value is -3.07. The van der Waals surface area contributed by atoms with Crippen LogP contribution in [0.2, 0.25) is 0 Å². The van der Waals surface area contributed by atoms with Crippen molar-refractivity contribution in [3.8, 4) is 17.0 Å². The molecule has 9 heteroatoms. The zero-order valence-corrected chi connectivity index (χ0v) is 16.1. The summed E-state index contributed by atoms with van der Waals surface area (Å²) in [7, 11) is 1.58. The molecule has 3 aromatic rings. The third-order valence-corrected chi connectivity index (χ3v) is 4.79. The van der Waals surface area contributed by atoms with E-state index in [0.29, 0.717) is 22.2 Å². The number of methoxy groups -OCH3 is 1. The molecule has 29 heavy (non-hydrogen) atoms. The lowest BCUT2D eigenvalue weighted by atomic mass is 10.1. The Morgan fingerprint density at radius 1 is 1.03 bits per heavy atom. The number of para-hydroxylation sites is 1. The summed E-state index contributed by atoms with van der Waals surface area (Å²) in [6, 6.07) is 15.2. The smallest absolute Gasteiger partial charge is 0.416 e. The fourth-order valence-electron chi connectivity index (χ4n) is 2.48. The molecule has 0 aliphatic rings. The van der Waals surface area contributed by atoms with Gasteiger partial charge in [0.05, 0.1) is 24.1 Å². The molecule has 0 saturated heterocycles. The summed E-state index contributed by atoms with van der Waals surface area (Å²) in [6.07, 6.45) is -4.41. The lowest BCUT2D eigenvalue weighted by Crippen LogP contribution is -2.14. The molecule has 0 fully saturated rings. The molecule has 0 aliphatic heterocycles. The zero-order chi connectivity index (χ0) is 20.9. The SMILES string of the molecule is COc1ccccc1-c1ccc(SCC(=O)Nc2ccc(C(F)(F)F)cc2)nn1. The average Bonchev–Trinajstić information content (AvgIpc) is 2.72. The lowest BCUT2D eigenvalue weighted by Gasteiger charge is -2.09. The Morgan fingerprint density at radius 2 is 1.76 bits per heavy atom. The first-order valence-corrected chi connectivity index (χ1v) is 9.42. The number of thioether (sulfide) groups is 1. The largest absolute Gasteiger partial charge is 0.496 e. The Balaban J connectivity index is 1.56. The van der Waals surface area contributed by atoms with Gasteiger partial charge in [0.1, 0.15) is 10.8 Å². The number of hydrogen-bond donors (Lipinski definition) is 1. The van der Waals surface area contributed by atoms with Crippen LogP contribution >= 0.6 is 11.8 Å². The number of hydrogen-bond acceptors (Lipinski definition) is 5. The standard InChI is InChI=1S/C20H16F3N3O2S/c1-28-17-5-3-2-4-15(17)16-10-11-19(26-25-16)29-12-18(27)24-14-8-6-13(7-9-14)20(21,22)23/h2-11H,12H2,1H3,(H,24,27). The molecule has 1 N–H and O–H groups in total. The molecule has 3 rings (SSSR count). The average molecular weight is 419 g/mol. The van der Waals surface area contributed by atoms with Crippen LogP contribution in [0.5, 0.6) is 5.75 Å². The van der Waals surface area contributed by atoms with Gasteiger partial charge in [0.15, 0.2) is 0 Å². The van der Waals surface area contributed by atoms with Crippen LogP contribution in [-0.2, 0) is 11.0 Å². The molecular formula is C20H16F3N3O2S. The first-order chi connectivity index (χ1) is 13.9. The fraction of sp³-hybridized carbons (Fsp3) is 0.150. The van der Waals surface area contributed by atoms with Crippen LogP contribution in [0.1, 0.15) is 5.56 Å². The van der Waals surface area contributed by atoms with Gasteiger partial charge in [0.25, 0.3) is 0 Å². The number of nitrogens with zero attached hydrogens (tertiary/aromatic N) is 2. The number of anilines is 1. The van der Waals surface area contributed by atoms with E-state index in [1.807, 2.05) is 24.3 Å². The number of carbonyl (C=O) groups excluding carboxylic acids is 1. The monoisotopic (exact) mass is 419 g/mol. The van der Waals surface area contributed by atoms with Crippen molar-refractivity contribution in [3.63, 3.8) is 0 Å². The minimum Gasteiger partial charge on any atom is -0.496 e. The van der Waals surface area contributed by atoms with Gasteiger partial charge in [-0.25, -0.2) is 0 Å². The molecule has 0 bridgehead atoms. The van der Waals surface area contributed by atoms with Crippen molar-refractivity contribution in [2.45, 2.75) is 11.2 Å². The number of benzene rings is 2. The van der Waals surface area contributed by atoms with Crippen LogP contribution in [0.4, 0.5) is 18.9 Å². The number of halogens is 3. The highest BCUT2D eigenvalue weighted by Crippen LogP contribution is 2.30. The van der Waals surface area contributed by atoms with Crippen LogP contribution in [0, 0.1) is 0 Å². The van der Waals surface area contributed by atoms with Gasteiger partial charge in [-0.2, -0.15) is 13.2 Å². The van der Waals surface area contributed by atoms with E-state index >= 15 is 0 Å². The van der Waals surface area contributed by atoms with Crippen LogP contribution in [0.15, 0.2) is 65.7 Å². The van der Waals surface area contributed by atoms with Gasteiger partial charge >= 0.3 is 6.18 Å². The third-order valence-electron chi connectivity index (χ3n) is 3.87. The molecule has 5 nitrogen and oxygen atoms in total. The minimum atomic E-state index is -4.41. The van der Waals surface area contributed by atoms with Crippen molar-refractivity contribution in [2.75, 3.05) is 18.2 Å². The van der Waals surface area contributed by atoms with Gasteiger partial charge < -0.3 is 10.1 Å². The van der Waals surface area contributed by atoms with Crippen molar-refractivity contribution in [1.82, 2.24) is 10.2 Å². The summed E-state index contributed by atoms with van der Waals surface area (Å²) in [5.41, 5.74) is 0.969. The highest BCUT2D eigenvalue weighted by atomic mass is 32.2. The fourth-order valence-corrected chi connectivity index (χ4v) is 3.09. The van der Waals surface area contributed by atoms with Crippen molar-refractivity contribution in [2.24, 2.45) is 0 Å². The summed E-state index contributed by atoms with van der Waals surface area (Å²) < 4.78 is 43.0. The Labute approximate surface area is 169 Å². The highest BCUT2D eigenvalue weighted by Gasteiger charge is 2.29. The Kier molecular flexibility index (Phi) is 6.38. The van der Waals surface area contributed by atoms with E-state index in [2.05, 4.69) is 15.5 Å². The van der Waals surface area contributed by atoms with Crippen molar-refractivity contribution in [1.29, 1.82) is 0 Å². The molecule has 0 spiro atoms. The van der Waals surface area contributed by atoms with E-state index in [4.69, 9.17) is 4.74 Å². The van der Waals surface area contributed by atoms with Crippen molar-refractivity contribution in [3.05, 3.63) is 66.2 Å². The number of rotatable bonds is 6. The van der Waals surface area contributed by atoms with Gasteiger partial charge in [-0.1, -0.05) is 23.9 Å². The van der Waals surface area contributed by atoms with E-state index in [1.165, 1.54) is 23.9 Å². The van der Waals surface area contributed by atoms with Gasteiger partial charge in [0, 0.05) is 11.3 Å². The van der Waals surface area contributed by atoms with Crippen molar-refractivity contribution < 1.29 is 22.7 Å². The second-order valence-corrected chi connectivity index (χ2v) is 6.86. The normalized spacial score (nSPS) is 11.2. The van der Waals surface area contributed by atoms with Crippen LogP contribution in [0.25, 0.3) is 11.3 Å². The first kappa shape index (κ1) is 20.7. The number of aromatic nitrogens is 2. The van der Waals surface area contributed by atoms with E-state index in [-0.39, 0.29) is 11.7 Å². The summed E-state index contributed by atoms with van der Waals surface area (Å²) in [5, 5.41) is 11.4.